The minimum Gasteiger partial charge on any atom is -0.0622 e. The van der Waals surface area contributed by atoms with Crippen molar-refractivity contribution < 1.29 is 0 Å². The Labute approximate surface area is 118 Å². The monoisotopic (exact) mass is 256 g/mol. The van der Waals surface area contributed by atoms with E-state index >= 15 is 0 Å². The summed E-state index contributed by atoms with van der Waals surface area (Å²) >= 11 is 0. The van der Waals surface area contributed by atoms with Crippen molar-refractivity contribution in [3.8, 4) is 0 Å². The molecule has 0 bridgehead atoms. The molecule has 0 heterocycles. The maximum atomic E-state index is 2.50. The Bertz CT molecular complexity index is 432. The highest BCUT2D eigenvalue weighted by molar-refractivity contribution is 5.27. The van der Waals surface area contributed by atoms with Crippen LogP contribution in [0.15, 0.2) is 30.3 Å². The minimum absolute atomic E-state index is 0.433. The molecule has 0 aliphatic heterocycles. The van der Waals surface area contributed by atoms with Crippen LogP contribution in [0.4, 0.5) is 0 Å². The van der Waals surface area contributed by atoms with E-state index < -0.39 is 0 Å². The van der Waals surface area contributed by atoms with Crippen LogP contribution < -0.4 is 0 Å². The Kier molecular flexibility index (Phi) is 3.04. The Morgan fingerprint density at radius 3 is 1.95 bits per heavy atom. The van der Waals surface area contributed by atoms with E-state index in [9.17, 15) is 0 Å². The summed E-state index contributed by atoms with van der Waals surface area (Å²) in [6, 6.07) is 11.2. The maximum absolute atomic E-state index is 2.50. The van der Waals surface area contributed by atoms with Crippen LogP contribution in [-0.4, -0.2) is 0 Å². The number of hydrogen-bond donors (Lipinski definition) is 0. The van der Waals surface area contributed by atoms with Crippen LogP contribution in [0, 0.1) is 10.8 Å². The molecule has 0 aromatic heterocycles. The average Bonchev–Trinajstić information content (AvgIpc) is 2.75. The molecule has 1 atom stereocenters. The van der Waals surface area contributed by atoms with Crippen LogP contribution in [0.3, 0.4) is 0 Å². The third kappa shape index (κ3) is 2.47. The Morgan fingerprint density at radius 2 is 1.32 bits per heavy atom. The molecular formula is C19H28. The molecule has 1 aromatic carbocycles. The van der Waals surface area contributed by atoms with Gasteiger partial charge in [0.2, 0.25) is 0 Å². The van der Waals surface area contributed by atoms with Crippen LogP contribution in [0.25, 0.3) is 0 Å². The highest BCUT2D eigenvalue weighted by Crippen LogP contribution is 2.59. The van der Waals surface area contributed by atoms with Crippen molar-refractivity contribution in [3.63, 3.8) is 0 Å². The zero-order valence-corrected chi connectivity index (χ0v) is 12.8. The fourth-order valence-corrected chi connectivity index (χ4v) is 4.52. The summed E-state index contributed by atoms with van der Waals surface area (Å²) in [5, 5.41) is 0. The quantitative estimate of drug-likeness (QED) is 0.603. The predicted molar refractivity (Wildman–Crippen MR) is 82.3 cm³/mol. The van der Waals surface area contributed by atoms with Crippen LogP contribution in [0.1, 0.15) is 71.3 Å². The predicted octanol–water partition coefficient (Wildman–Crippen LogP) is 5.71. The standard InChI is InChI=1S/C19H28/c1-17(2)9-12-19(13-10-17)14-11-18(3,15-19)16-7-5-4-6-8-16/h4-8H,9-15H2,1-3H3. The Balaban J connectivity index is 1.77. The molecule has 2 aliphatic carbocycles. The van der Waals surface area contributed by atoms with Crippen LogP contribution >= 0.6 is 0 Å². The van der Waals surface area contributed by atoms with Crippen molar-refractivity contribution in [2.75, 3.05) is 0 Å². The highest BCUT2D eigenvalue weighted by atomic mass is 14.5. The van der Waals surface area contributed by atoms with E-state index in [-0.39, 0.29) is 0 Å². The molecule has 1 spiro atoms. The summed E-state index contributed by atoms with van der Waals surface area (Å²) < 4.78 is 0. The molecule has 2 fully saturated rings. The van der Waals surface area contributed by atoms with Gasteiger partial charge in [0.1, 0.15) is 0 Å². The Morgan fingerprint density at radius 1 is 0.737 bits per heavy atom. The Hall–Kier alpha value is -0.780. The molecule has 2 aliphatic rings. The van der Waals surface area contributed by atoms with E-state index in [0.717, 1.165) is 0 Å². The summed E-state index contributed by atoms with van der Waals surface area (Å²) in [4.78, 5) is 0. The van der Waals surface area contributed by atoms with Gasteiger partial charge >= 0.3 is 0 Å². The van der Waals surface area contributed by atoms with E-state index in [1.54, 1.807) is 5.56 Å². The van der Waals surface area contributed by atoms with Crippen LogP contribution in [0.5, 0.6) is 0 Å². The average molecular weight is 256 g/mol. The van der Waals surface area contributed by atoms with Gasteiger partial charge in [-0.15, -0.1) is 0 Å². The largest absolute Gasteiger partial charge is 0.0622 e. The molecule has 2 saturated carbocycles. The zero-order valence-electron chi connectivity index (χ0n) is 12.8. The number of benzene rings is 1. The van der Waals surface area contributed by atoms with Gasteiger partial charge in [0.15, 0.2) is 0 Å². The van der Waals surface area contributed by atoms with Crippen LogP contribution in [-0.2, 0) is 5.41 Å². The lowest BCUT2D eigenvalue weighted by atomic mass is 9.63. The first-order valence-electron chi connectivity index (χ1n) is 7.99. The number of rotatable bonds is 1. The molecule has 0 radical (unpaired) electrons. The van der Waals surface area contributed by atoms with Crippen molar-refractivity contribution in [3.05, 3.63) is 35.9 Å². The van der Waals surface area contributed by atoms with Gasteiger partial charge in [-0.05, 0) is 66.8 Å². The number of hydrogen-bond acceptors (Lipinski definition) is 0. The maximum Gasteiger partial charge on any atom is -0.00698 e. The highest BCUT2D eigenvalue weighted by Gasteiger charge is 2.48. The van der Waals surface area contributed by atoms with Gasteiger partial charge in [0.05, 0.1) is 0 Å². The van der Waals surface area contributed by atoms with Gasteiger partial charge in [-0.2, -0.15) is 0 Å². The lowest BCUT2D eigenvalue weighted by molar-refractivity contribution is 0.101. The molecule has 1 unspecified atom stereocenters. The van der Waals surface area contributed by atoms with Gasteiger partial charge in [-0.25, -0.2) is 0 Å². The molecular weight excluding hydrogens is 228 g/mol. The fourth-order valence-electron chi connectivity index (χ4n) is 4.52. The van der Waals surface area contributed by atoms with Gasteiger partial charge in [-0.1, -0.05) is 51.1 Å². The molecule has 104 valence electrons. The summed E-state index contributed by atoms with van der Waals surface area (Å²) in [7, 11) is 0. The van der Waals surface area contributed by atoms with E-state index in [4.69, 9.17) is 0 Å². The minimum atomic E-state index is 0.433. The third-order valence-electron chi connectivity index (χ3n) is 6.11. The van der Waals surface area contributed by atoms with Crippen molar-refractivity contribution in [2.24, 2.45) is 10.8 Å². The van der Waals surface area contributed by atoms with E-state index in [2.05, 4.69) is 51.1 Å². The second-order valence-electron chi connectivity index (χ2n) is 8.27. The van der Waals surface area contributed by atoms with E-state index in [1.165, 1.54) is 44.9 Å². The summed E-state index contributed by atoms with van der Waals surface area (Å²) in [5.74, 6) is 0. The van der Waals surface area contributed by atoms with E-state index in [1.807, 2.05) is 0 Å². The van der Waals surface area contributed by atoms with Gasteiger partial charge in [-0.3, -0.25) is 0 Å². The van der Waals surface area contributed by atoms with Crippen molar-refractivity contribution >= 4 is 0 Å². The van der Waals surface area contributed by atoms with E-state index in [0.29, 0.717) is 16.2 Å². The fraction of sp³-hybridized carbons (Fsp3) is 0.684. The summed E-state index contributed by atoms with van der Waals surface area (Å²) in [6.45, 7) is 7.40. The topological polar surface area (TPSA) is 0 Å². The van der Waals surface area contributed by atoms with Crippen molar-refractivity contribution in [2.45, 2.75) is 71.1 Å². The van der Waals surface area contributed by atoms with Gasteiger partial charge in [0.25, 0.3) is 0 Å². The van der Waals surface area contributed by atoms with Crippen molar-refractivity contribution in [1.82, 2.24) is 0 Å². The first-order chi connectivity index (χ1) is 8.93. The second kappa shape index (κ2) is 4.36. The normalized spacial score (nSPS) is 32.6. The molecule has 0 amide bonds. The molecule has 19 heavy (non-hydrogen) atoms. The lowest BCUT2D eigenvalue weighted by Crippen LogP contribution is -2.31. The molecule has 3 rings (SSSR count). The van der Waals surface area contributed by atoms with Crippen LogP contribution in [0.2, 0.25) is 0 Å². The SMILES string of the molecule is CC1(C)CCC2(CC1)CCC(C)(c1ccccc1)C2. The van der Waals surface area contributed by atoms with Gasteiger partial charge < -0.3 is 0 Å². The second-order valence-corrected chi connectivity index (χ2v) is 8.27. The first-order valence-corrected chi connectivity index (χ1v) is 7.99. The first kappa shape index (κ1) is 13.2. The molecule has 1 aromatic rings. The molecule has 0 heteroatoms. The molecule has 0 saturated heterocycles. The molecule has 0 N–H and O–H groups in total. The van der Waals surface area contributed by atoms with Gasteiger partial charge in [0, 0.05) is 0 Å². The third-order valence-corrected chi connectivity index (χ3v) is 6.11. The zero-order chi connectivity index (χ0) is 13.6. The molecule has 0 nitrogen and oxygen atoms in total. The summed E-state index contributed by atoms with van der Waals surface area (Å²) in [5.41, 5.74) is 3.26. The smallest absolute Gasteiger partial charge is 0.00698 e. The lowest BCUT2D eigenvalue weighted by Gasteiger charge is -2.42. The van der Waals surface area contributed by atoms with Crippen molar-refractivity contribution in [1.29, 1.82) is 0 Å². The summed E-state index contributed by atoms with van der Waals surface area (Å²) in [6.07, 6.45) is 10.0.